The van der Waals surface area contributed by atoms with Crippen LogP contribution in [0.15, 0.2) is 4.99 Å². The van der Waals surface area contributed by atoms with Gasteiger partial charge in [-0.25, -0.2) is 0 Å². The maximum atomic E-state index is 5.56. The summed E-state index contributed by atoms with van der Waals surface area (Å²) in [4.78, 5) is 4.50. The van der Waals surface area contributed by atoms with E-state index in [9.17, 15) is 0 Å². The van der Waals surface area contributed by atoms with Crippen molar-refractivity contribution in [3.8, 4) is 0 Å². The van der Waals surface area contributed by atoms with Gasteiger partial charge in [-0.05, 0) is 24.7 Å². The molecule has 2 rings (SSSR count). The third-order valence-corrected chi connectivity index (χ3v) is 4.49. The summed E-state index contributed by atoms with van der Waals surface area (Å²) >= 11 is 1.88. The first-order valence-electron chi connectivity index (χ1n) is 6.28. The minimum absolute atomic E-state index is 0.662. The number of ether oxygens (including phenoxy) is 1. The molecule has 0 aromatic rings. The van der Waals surface area contributed by atoms with Crippen molar-refractivity contribution >= 4 is 16.9 Å². The lowest BCUT2D eigenvalue weighted by molar-refractivity contribution is 0.129. The number of amidine groups is 1. The summed E-state index contributed by atoms with van der Waals surface area (Å²) in [6.07, 6.45) is 2.73. The van der Waals surface area contributed by atoms with Crippen molar-refractivity contribution in [2.24, 2.45) is 16.8 Å². The Hall–Kier alpha value is -0.220. The minimum atomic E-state index is 0.662. The van der Waals surface area contributed by atoms with Crippen molar-refractivity contribution in [2.45, 2.75) is 31.9 Å². The molecule has 1 fully saturated rings. The van der Waals surface area contributed by atoms with Gasteiger partial charge in [-0.1, -0.05) is 25.6 Å². The highest BCUT2D eigenvalue weighted by Gasteiger charge is 2.22. The van der Waals surface area contributed by atoms with Crippen LogP contribution in [0.2, 0.25) is 0 Å². The first kappa shape index (κ1) is 12.2. The molecule has 2 aliphatic rings. The Morgan fingerprint density at radius 2 is 2.31 bits per heavy atom. The van der Waals surface area contributed by atoms with Gasteiger partial charge in [-0.3, -0.25) is 4.99 Å². The fourth-order valence-electron chi connectivity index (χ4n) is 1.60. The van der Waals surface area contributed by atoms with Crippen LogP contribution in [0.5, 0.6) is 0 Å². The predicted molar refractivity (Wildman–Crippen MR) is 70.1 cm³/mol. The first-order valence-corrected chi connectivity index (χ1v) is 7.16. The molecule has 3 nitrogen and oxygen atoms in total. The highest BCUT2D eigenvalue weighted by Crippen LogP contribution is 2.28. The van der Waals surface area contributed by atoms with Gasteiger partial charge in [-0.15, -0.1) is 0 Å². The lowest BCUT2D eigenvalue weighted by Crippen LogP contribution is -2.25. The molecule has 92 valence electrons. The molecule has 0 saturated heterocycles. The SMILES string of the molecule is CC(C)C1CN=C(NCCOCC2CC2)S1. The first-order chi connectivity index (χ1) is 7.75. The van der Waals surface area contributed by atoms with Crippen LogP contribution in [0.1, 0.15) is 26.7 Å². The van der Waals surface area contributed by atoms with Crippen molar-refractivity contribution in [2.75, 3.05) is 26.3 Å². The maximum Gasteiger partial charge on any atom is 0.157 e. The van der Waals surface area contributed by atoms with Gasteiger partial charge < -0.3 is 10.1 Å². The highest BCUT2D eigenvalue weighted by atomic mass is 32.2. The number of nitrogens with one attached hydrogen (secondary N) is 1. The highest BCUT2D eigenvalue weighted by molar-refractivity contribution is 8.14. The standard InChI is InChI=1S/C12H22N2OS/c1-9(2)11-7-14-12(16-11)13-5-6-15-8-10-3-4-10/h9-11H,3-8H2,1-2H3,(H,13,14). The summed E-state index contributed by atoms with van der Waals surface area (Å²) < 4.78 is 5.56. The second-order valence-electron chi connectivity index (χ2n) is 4.99. The van der Waals surface area contributed by atoms with Crippen LogP contribution in [-0.2, 0) is 4.74 Å². The fourth-order valence-corrected chi connectivity index (χ4v) is 2.64. The lowest BCUT2D eigenvalue weighted by atomic mass is 10.1. The summed E-state index contributed by atoms with van der Waals surface area (Å²) in [5.74, 6) is 1.57. The Kier molecular flexibility index (Phi) is 4.53. The largest absolute Gasteiger partial charge is 0.379 e. The third-order valence-electron chi connectivity index (χ3n) is 2.99. The van der Waals surface area contributed by atoms with Gasteiger partial charge >= 0.3 is 0 Å². The molecule has 1 atom stereocenters. The van der Waals surface area contributed by atoms with E-state index in [1.54, 1.807) is 0 Å². The average Bonchev–Trinajstić information content (AvgIpc) is 2.94. The second kappa shape index (κ2) is 5.92. The van der Waals surface area contributed by atoms with Crippen LogP contribution in [0.3, 0.4) is 0 Å². The van der Waals surface area contributed by atoms with E-state index in [-0.39, 0.29) is 0 Å². The molecule has 4 heteroatoms. The normalized spacial score (nSPS) is 24.9. The molecule has 0 bridgehead atoms. The summed E-state index contributed by atoms with van der Waals surface area (Å²) in [6, 6.07) is 0. The number of rotatable bonds is 6. The summed E-state index contributed by atoms with van der Waals surface area (Å²) in [6.45, 7) is 8.14. The summed E-state index contributed by atoms with van der Waals surface area (Å²) in [7, 11) is 0. The number of hydrogen-bond acceptors (Lipinski definition) is 4. The average molecular weight is 242 g/mol. The number of aliphatic imine (C=N–C) groups is 1. The van der Waals surface area contributed by atoms with Gasteiger partial charge in [0.15, 0.2) is 5.17 Å². The Labute approximate surface area is 102 Å². The van der Waals surface area contributed by atoms with Crippen molar-refractivity contribution in [1.82, 2.24) is 5.32 Å². The Bertz CT molecular complexity index is 251. The van der Waals surface area contributed by atoms with Crippen molar-refractivity contribution in [3.05, 3.63) is 0 Å². The zero-order valence-electron chi connectivity index (χ0n) is 10.2. The van der Waals surface area contributed by atoms with Gasteiger partial charge in [0.1, 0.15) is 0 Å². The second-order valence-corrected chi connectivity index (χ2v) is 6.22. The fraction of sp³-hybridized carbons (Fsp3) is 0.917. The van der Waals surface area contributed by atoms with E-state index in [0.717, 1.165) is 37.4 Å². The molecular weight excluding hydrogens is 220 g/mol. The van der Waals surface area contributed by atoms with Crippen LogP contribution >= 0.6 is 11.8 Å². The van der Waals surface area contributed by atoms with Crippen LogP contribution in [0.25, 0.3) is 0 Å². The topological polar surface area (TPSA) is 33.6 Å². The smallest absolute Gasteiger partial charge is 0.157 e. The van der Waals surface area contributed by atoms with E-state index in [1.165, 1.54) is 12.8 Å². The third kappa shape index (κ3) is 3.98. The van der Waals surface area contributed by atoms with E-state index in [2.05, 4.69) is 24.2 Å². The molecule has 1 saturated carbocycles. The van der Waals surface area contributed by atoms with Gasteiger partial charge in [0, 0.05) is 18.4 Å². The van der Waals surface area contributed by atoms with E-state index < -0.39 is 0 Å². The van der Waals surface area contributed by atoms with Crippen LogP contribution in [0, 0.1) is 11.8 Å². The summed E-state index contributed by atoms with van der Waals surface area (Å²) in [5, 5.41) is 5.12. The molecule has 1 unspecified atom stereocenters. The van der Waals surface area contributed by atoms with Crippen molar-refractivity contribution < 1.29 is 4.74 Å². The van der Waals surface area contributed by atoms with Crippen molar-refractivity contribution in [3.63, 3.8) is 0 Å². The van der Waals surface area contributed by atoms with Crippen LogP contribution in [0.4, 0.5) is 0 Å². The van der Waals surface area contributed by atoms with Crippen LogP contribution < -0.4 is 5.32 Å². The molecule has 0 spiro atoms. The Balaban J connectivity index is 1.50. The molecule has 0 aromatic heterocycles. The maximum absolute atomic E-state index is 5.56. The van der Waals surface area contributed by atoms with E-state index in [1.807, 2.05) is 11.8 Å². The zero-order valence-corrected chi connectivity index (χ0v) is 11.1. The van der Waals surface area contributed by atoms with Gasteiger partial charge in [0.2, 0.25) is 0 Å². The molecule has 16 heavy (non-hydrogen) atoms. The number of hydrogen-bond donors (Lipinski definition) is 1. The molecule has 1 heterocycles. The van der Waals surface area contributed by atoms with Gasteiger partial charge in [0.05, 0.1) is 13.2 Å². The minimum Gasteiger partial charge on any atom is -0.379 e. The predicted octanol–water partition coefficient (Wildman–Crippen LogP) is 2.13. The zero-order chi connectivity index (χ0) is 11.4. The molecule has 0 radical (unpaired) electrons. The van der Waals surface area contributed by atoms with E-state index >= 15 is 0 Å². The quantitative estimate of drug-likeness (QED) is 0.724. The van der Waals surface area contributed by atoms with E-state index in [4.69, 9.17) is 4.74 Å². The molecule has 1 aliphatic carbocycles. The molecule has 1 aliphatic heterocycles. The number of nitrogens with zero attached hydrogens (tertiary/aromatic N) is 1. The Morgan fingerprint density at radius 1 is 1.50 bits per heavy atom. The van der Waals surface area contributed by atoms with Crippen LogP contribution in [-0.4, -0.2) is 36.7 Å². The number of thioether (sulfide) groups is 1. The monoisotopic (exact) mass is 242 g/mol. The Morgan fingerprint density at radius 3 is 2.94 bits per heavy atom. The molecule has 1 N–H and O–H groups in total. The molecule has 0 aromatic carbocycles. The summed E-state index contributed by atoms with van der Waals surface area (Å²) in [5.41, 5.74) is 0. The molecular formula is C12H22N2OS. The van der Waals surface area contributed by atoms with Gasteiger partial charge in [0.25, 0.3) is 0 Å². The van der Waals surface area contributed by atoms with Gasteiger partial charge in [-0.2, -0.15) is 0 Å². The molecule has 0 amide bonds. The van der Waals surface area contributed by atoms with E-state index in [0.29, 0.717) is 11.2 Å². The lowest BCUT2D eigenvalue weighted by Gasteiger charge is -2.12. The van der Waals surface area contributed by atoms with Crippen molar-refractivity contribution in [1.29, 1.82) is 0 Å².